The topological polar surface area (TPSA) is 70.5 Å². The lowest BCUT2D eigenvalue weighted by molar-refractivity contribution is 0.387. The minimum atomic E-state index is 0.324. The fraction of sp³-hybridized carbons (Fsp3) is 0.250. The summed E-state index contributed by atoms with van der Waals surface area (Å²) in [5.74, 6) is 2.18. The highest BCUT2D eigenvalue weighted by Gasteiger charge is 2.17. The van der Waals surface area contributed by atoms with Crippen molar-refractivity contribution < 1.29 is 14.0 Å². The Hall–Kier alpha value is -2.17. The van der Waals surface area contributed by atoms with Crippen LogP contribution >= 0.6 is 0 Å². The molecule has 0 fully saturated rings. The standard InChI is InChI=1S/C12H14N2O3/c1-7-4-8(15-2)12(9(5-7)16-3)10-6-11(13)14-17-10/h4-6H,1-3H3,(H2,13,14). The summed E-state index contributed by atoms with van der Waals surface area (Å²) < 4.78 is 15.8. The van der Waals surface area contributed by atoms with Crippen LogP contribution in [0.25, 0.3) is 11.3 Å². The zero-order valence-electron chi connectivity index (χ0n) is 9.98. The first kappa shape index (κ1) is 11.3. The molecule has 90 valence electrons. The van der Waals surface area contributed by atoms with Gasteiger partial charge in [0, 0.05) is 6.07 Å². The summed E-state index contributed by atoms with van der Waals surface area (Å²) in [7, 11) is 3.19. The molecule has 0 saturated carbocycles. The lowest BCUT2D eigenvalue weighted by Crippen LogP contribution is -1.93. The van der Waals surface area contributed by atoms with E-state index in [1.165, 1.54) is 0 Å². The number of ether oxygens (including phenoxy) is 2. The average Bonchev–Trinajstić information content (AvgIpc) is 2.74. The van der Waals surface area contributed by atoms with Crippen LogP contribution < -0.4 is 15.2 Å². The Morgan fingerprint density at radius 2 is 1.71 bits per heavy atom. The normalized spacial score (nSPS) is 10.3. The van der Waals surface area contributed by atoms with E-state index in [4.69, 9.17) is 19.7 Å². The van der Waals surface area contributed by atoms with Crippen LogP contribution in [0, 0.1) is 6.92 Å². The van der Waals surface area contributed by atoms with E-state index in [1.54, 1.807) is 20.3 Å². The predicted octanol–water partition coefficient (Wildman–Crippen LogP) is 2.25. The summed E-state index contributed by atoms with van der Waals surface area (Å²) in [5, 5.41) is 3.66. The number of nitrogens with zero attached hydrogens (tertiary/aromatic N) is 1. The van der Waals surface area contributed by atoms with Crippen molar-refractivity contribution in [2.75, 3.05) is 20.0 Å². The zero-order valence-corrected chi connectivity index (χ0v) is 9.98. The molecule has 0 aliphatic rings. The maximum Gasteiger partial charge on any atom is 0.176 e. The summed E-state index contributed by atoms with van der Waals surface area (Å²) in [4.78, 5) is 0. The first-order valence-corrected chi connectivity index (χ1v) is 5.11. The first-order chi connectivity index (χ1) is 8.15. The van der Waals surface area contributed by atoms with Crippen LogP contribution in [0.15, 0.2) is 22.7 Å². The van der Waals surface area contributed by atoms with E-state index in [9.17, 15) is 0 Å². The number of rotatable bonds is 3. The van der Waals surface area contributed by atoms with Gasteiger partial charge in [0.1, 0.15) is 17.1 Å². The molecule has 0 aliphatic carbocycles. The van der Waals surface area contributed by atoms with Gasteiger partial charge in [-0.2, -0.15) is 0 Å². The minimum Gasteiger partial charge on any atom is -0.496 e. The van der Waals surface area contributed by atoms with E-state index < -0.39 is 0 Å². The Bertz CT molecular complexity index is 509. The Morgan fingerprint density at radius 1 is 1.12 bits per heavy atom. The highest BCUT2D eigenvalue weighted by Crippen LogP contribution is 2.39. The lowest BCUT2D eigenvalue weighted by atomic mass is 10.1. The van der Waals surface area contributed by atoms with Crippen LogP contribution in [0.1, 0.15) is 5.56 Å². The molecule has 2 aromatic rings. The summed E-state index contributed by atoms with van der Waals surface area (Å²) in [5.41, 5.74) is 7.29. The molecule has 0 atom stereocenters. The third-order valence-corrected chi connectivity index (χ3v) is 2.42. The van der Waals surface area contributed by atoms with Gasteiger partial charge in [0.25, 0.3) is 0 Å². The van der Waals surface area contributed by atoms with Crippen molar-refractivity contribution in [3.63, 3.8) is 0 Å². The molecule has 0 bridgehead atoms. The van der Waals surface area contributed by atoms with Crippen LogP contribution in [-0.2, 0) is 0 Å². The van der Waals surface area contributed by atoms with E-state index >= 15 is 0 Å². The number of aryl methyl sites for hydroxylation is 1. The van der Waals surface area contributed by atoms with Crippen LogP contribution in [0.2, 0.25) is 0 Å². The fourth-order valence-electron chi connectivity index (χ4n) is 1.69. The minimum absolute atomic E-state index is 0.324. The maximum atomic E-state index is 5.54. The van der Waals surface area contributed by atoms with E-state index in [2.05, 4.69) is 5.16 Å². The molecular weight excluding hydrogens is 220 g/mol. The van der Waals surface area contributed by atoms with Crippen molar-refractivity contribution in [3.05, 3.63) is 23.8 Å². The molecule has 5 nitrogen and oxygen atoms in total. The summed E-state index contributed by atoms with van der Waals surface area (Å²) in [6, 6.07) is 5.43. The van der Waals surface area contributed by atoms with Gasteiger partial charge in [-0.15, -0.1) is 0 Å². The van der Waals surface area contributed by atoms with Crippen LogP contribution in [0.5, 0.6) is 11.5 Å². The smallest absolute Gasteiger partial charge is 0.176 e. The molecule has 1 heterocycles. The Balaban J connectivity index is 2.65. The number of methoxy groups -OCH3 is 2. The molecule has 0 radical (unpaired) electrons. The highest BCUT2D eigenvalue weighted by molar-refractivity contribution is 5.75. The van der Waals surface area contributed by atoms with Crippen molar-refractivity contribution in [3.8, 4) is 22.8 Å². The van der Waals surface area contributed by atoms with Crippen molar-refractivity contribution in [2.45, 2.75) is 6.92 Å². The molecule has 1 aromatic carbocycles. The van der Waals surface area contributed by atoms with E-state index in [0.717, 1.165) is 5.56 Å². The first-order valence-electron chi connectivity index (χ1n) is 5.11. The fourth-order valence-corrected chi connectivity index (χ4v) is 1.69. The summed E-state index contributed by atoms with van der Waals surface area (Å²) in [6.45, 7) is 1.96. The van der Waals surface area contributed by atoms with Crippen molar-refractivity contribution in [1.29, 1.82) is 0 Å². The molecule has 0 unspecified atom stereocenters. The molecule has 5 heteroatoms. The van der Waals surface area contributed by atoms with Gasteiger partial charge in [0.05, 0.1) is 14.2 Å². The molecule has 1 aromatic heterocycles. The maximum absolute atomic E-state index is 5.54. The largest absolute Gasteiger partial charge is 0.496 e. The summed E-state index contributed by atoms with van der Waals surface area (Å²) >= 11 is 0. The monoisotopic (exact) mass is 234 g/mol. The van der Waals surface area contributed by atoms with E-state index in [1.807, 2.05) is 19.1 Å². The van der Waals surface area contributed by atoms with Crippen molar-refractivity contribution >= 4 is 5.82 Å². The summed E-state index contributed by atoms with van der Waals surface area (Å²) in [6.07, 6.45) is 0. The number of benzene rings is 1. The second kappa shape index (κ2) is 4.37. The molecule has 2 rings (SSSR count). The Labute approximate surface area is 99.1 Å². The molecule has 2 N–H and O–H groups in total. The van der Waals surface area contributed by atoms with Crippen LogP contribution in [0.3, 0.4) is 0 Å². The second-order valence-electron chi connectivity index (χ2n) is 3.66. The van der Waals surface area contributed by atoms with Gasteiger partial charge < -0.3 is 19.7 Å². The number of nitrogen functional groups attached to an aromatic ring is 1. The van der Waals surface area contributed by atoms with Crippen molar-refractivity contribution in [1.82, 2.24) is 5.16 Å². The Morgan fingerprint density at radius 3 is 2.12 bits per heavy atom. The predicted molar refractivity (Wildman–Crippen MR) is 64.2 cm³/mol. The molecular formula is C12H14N2O3. The lowest BCUT2D eigenvalue weighted by Gasteiger charge is -2.11. The second-order valence-corrected chi connectivity index (χ2v) is 3.66. The number of anilines is 1. The van der Waals surface area contributed by atoms with Crippen molar-refractivity contribution in [2.24, 2.45) is 0 Å². The molecule has 0 spiro atoms. The third-order valence-electron chi connectivity index (χ3n) is 2.42. The van der Waals surface area contributed by atoms with Crippen LogP contribution in [-0.4, -0.2) is 19.4 Å². The molecule has 0 saturated heterocycles. The van der Waals surface area contributed by atoms with Gasteiger partial charge in [0.15, 0.2) is 11.6 Å². The van der Waals surface area contributed by atoms with Gasteiger partial charge in [-0.05, 0) is 24.6 Å². The van der Waals surface area contributed by atoms with Crippen LogP contribution in [0.4, 0.5) is 5.82 Å². The number of hydrogen-bond acceptors (Lipinski definition) is 5. The molecule has 0 amide bonds. The van der Waals surface area contributed by atoms with E-state index in [-0.39, 0.29) is 0 Å². The third kappa shape index (κ3) is 2.04. The molecule has 0 aliphatic heterocycles. The van der Waals surface area contributed by atoms with Gasteiger partial charge in [-0.3, -0.25) is 0 Å². The van der Waals surface area contributed by atoms with Gasteiger partial charge in [-0.1, -0.05) is 5.16 Å². The SMILES string of the molecule is COc1cc(C)cc(OC)c1-c1cc(N)no1. The molecule has 17 heavy (non-hydrogen) atoms. The van der Waals surface area contributed by atoms with Gasteiger partial charge in [-0.25, -0.2) is 0 Å². The van der Waals surface area contributed by atoms with Gasteiger partial charge >= 0.3 is 0 Å². The quantitative estimate of drug-likeness (QED) is 0.881. The highest BCUT2D eigenvalue weighted by atomic mass is 16.5. The number of aromatic nitrogens is 1. The average molecular weight is 234 g/mol. The number of nitrogens with two attached hydrogens (primary N) is 1. The van der Waals surface area contributed by atoms with E-state index in [0.29, 0.717) is 28.6 Å². The Kier molecular flexibility index (Phi) is 2.91. The number of hydrogen-bond donors (Lipinski definition) is 1. The zero-order chi connectivity index (χ0) is 12.4. The van der Waals surface area contributed by atoms with Gasteiger partial charge in [0.2, 0.25) is 0 Å².